The zero-order valence-electron chi connectivity index (χ0n) is 16.3. The number of hydrogen-bond acceptors (Lipinski definition) is 5. The summed E-state index contributed by atoms with van der Waals surface area (Å²) in [4.78, 5) is 12.9. The Bertz CT molecular complexity index is 1040. The number of amides is 1. The van der Waals surface area contributed by atoms with Gasteiger partial charge in [0.2, 0.25) is 0 Å². The van der Waals surface area contributed by atoms with Gasteiger partial charge in [-0.1, -0.05) is 71.4 Å². The van der Waals surface area contributed by atoms with E-state index < -0.39 is 5.91 Å². The van der Waals surface area contributed by atoms with Crippen molar-refractivity contribution in [2.45, 2.75) is 13.8 Å². The Morgan fingerprint density at radius 1 is 0.897 bits per heavy atom. The van der Waals surface area contributed by atoms with Crippen LogP contribution in [0.5, 0.6) is 0 Å². The lowest BCUT2D eigenvalue weighted by atomic mass is 10.0. The fraction of sp³-hybridized carbons (Fsp3) is 0.0870. The van der Waals surface area contributed by atoms with Gasteiger partial charge < -0.3 is 10.5 Å². The van der Waals surface area contributed by atoms with Gasteiger partial charge in [0.1, 0.15) is 5.71 Å². The van der Waals surface area contributed by atoms with Crippen LogP contribution in [0, 0.1) is 13.8 Å². The fourth-order valence-corrected chi connectivity index (χ4v) is 2.82. The van der Waals surface area contributed by atoms with Crippen molar-refractivity contribution in [3.63, 3.8) is 0 Å². The van der Waals surface area contributed by atoms with Gasteiger partial charge in [0.05, 0.1) is 5.69 Å². The summed E-state index contributed by atoms with van der Waals surface area (Å²) in [5.41, 5.74) is 6.97. The third-order valence-electron chi connectivity index (χ3n) is 4.29. The molecule has 0 unspecified atom stereocenters. The Hall–Kier alpha value is -3.93. The first-order valence-electron chi connectivity index (χ1n) is 9.13. The molecular weight excluding hydrogens is 364 g/mol. The van der Waals surface area contributed by atoms with E-state index in [-0.39, 0.29) is 11.4 Å². The van der Waals surface area contributed by atoms with Gasteiger partial charge in [0, 0.05) is 11.3 Å². The number of nitrogens with zero attached hydrogens (tertiary/aromatic N) is 2. The van der Waals surface area contributed by atoms with Crippen LogP contribution in [0.1, 0.15) is 16.7 Å². The summed E-state index contributed by atoms with van der Waals surface area (Å²) >= 11 is 0. The summed E-state index contributed by atoms with van der Waals surface area (Å²) in [5, 5.41) is 20.0. The molecular formula is C23H22N4O2. The van der Waals surface area contributed by atoms with Crippen LogP contribution in [0.3, 0.4) is 0 Å². The standard InChI is InChI=1S/C23H22N4O2/c1-16-13-14-20(17(2)15-16)24-23(28)22(27-29)21(18-9-5-3-6-10-18)26-25-19-11-7-4-8-12-19/h3-15,25,29H,1-2H3,(H,24,28)/b26-21-,27-22-. The highest BCUT2D eigenvalue weighted by Crippen LogP contribution is 2.17. The highest BCUT2D eigenvalue weighted by Gasteiger charge is 2.22. The molecule has 3 N–H and O–H groups in total. The molecule has 1 amide bonds. The van der Waals surface area contributed by atoms with Gasteiger partial charge in [0.15, 0.2) is 5.71 Å². The minimum absolute atomic E-state index is 0.195. The second-order valence-corrected chi connectivity index (χ2v) is 6.53. The fourth-order valence-electron chi connectivity index (χ4n) is 2.82. The molecule has 3 aromatic carbocycles. The highest BCUT2D eigenvalue weighted by atomic mass is 16.4. The van der Waals surface area contributed by atoms with Crippen LogP contribution in [0.2, 0.25) is 0 Å². The number of aryl methyl sites for hydroxylation is 2. The normalized spacial score (nSPS) is 11.8. The highest BCUT2D eigenvalue weighted by molar-refractivity contribution is 6.71. The van der Waals surface area contributed by atoms with E-state index in [2.05, 4.69) is 21.0 Å². The number of para-hydroxylation sites is 1. The Morgan fingerprint density at radius 2 is 1.55 bits per heavy atom. The lowest BCUT2D eigenvalue weighted by Crippen LogP contribution is -2.31. The molecule has 0 spiro atoms. The summed E-state index contributed by atoms with van der Waals surface area (Å²) in [5.74, 6) is -0.558. The topological polar surface area (TPSA) is 86.1 Å². The maximum absolute atomic E-state index is 12.9. The smallest absolute Gasteiger partial charge is 0.280 e. The van der Waals surface area contributed by atoms with Crippen LogP contribution in [0.4, 0.5) is 11.4 Å². The third-order valence-corrected chi connectivity index (χ3v) is 4.29. The Morgan fingerprint density at radius 3 is 2.17 bits per heavy atom. The van der Waals surface area contributed by atoms with E-state index in [9.17, 15) is 10.0 Å². The molecule has 3 aromatic rings. The van der Waals surface area contributed by atoms with Crippen LogP contribution < -0.4 is 10.7 Å². The van der Waals surface area contributed by atoms with Gasteiger partial charge in [-0.05, 0) is 37.6 Å². The van der Waals surface area contributed by atoms with Gasteiger partial charge >= 0.3 is 0 Å². The molecule has 3 rings (SSSR count). The Balaban J connectivity index is 1.93. The lowest BCUT2D eigenvalue weighted by Gasteiger charge is -2.12. The van der Waals surface area contributed by atoms with Crippen LogP contribution in [0.25, 0.3) is 0 Å². The van der Waals surface area contributed by atoms with Crippen molar-refractivity contribution in [2.24, 2.45) is 10.3 Å². The van der Waals surface area contributed by atoms with E-state index >= 15 is 0 Å². The van der Waals surface area contributed by atoms with Gasteiger partial charge in [-0.25, -0.2) is 0 Å². The van der Waals surface area contributed by atoms with Crippen LogP contribution >= 0.6 is 0 Å². The number of carbonyl (C=O) groups is 1. The molecule has 146 valence electrons. The molecule has 29 heavy (non-hydrogen) atoms. The number of rotatable bonds is 6. The minimum Gasteiger partial charge on any atom is -0.410 e. The first-order chi connectivity index (χ1) is 14.1. The zero-order chi connectivity index (χ0) is 20.6. The van der Waals surface area contributed by atoms with Crippen molar-refractivity contribution in [2.75, 3.05) is 10.7 Å². The van der Waals surface area contributed by atoms with Gasteiger partial charge in [-0.15, -0.1) is 0 Å². The largest absolute Gasteiger partial charge is 0.410 e. The molecule has 6 nitrogen and oxygen atoms in total. The third kappa shape index (κ3) is 5.07. The first kappa shape index (κ1) is 19.8. The van der Waals surface area contributed by atoms with Crippen LogP contribution in [-0.4, -0.2) is 22.5 Å². The monoisotopic (exact) mass is 386 g/mol. The van der Waals surface area contributed by atoms with E-state index in [1.54, 1.807) is 12.1 Å². The molecule has 0 atom stereocenters. The lowest BCUT2D eigenvalue weighted by molar-refractivity contribution is -0.110. The van der Waals surface area contributed by atoms with Crippen LogP contribution in [0.15, 0.2) is 89.1 Å². The zero-order valence-corrected chi connectivity index (χ0v) is 16.3. The van der Waals surface area contributed by atoms with E-state index in [0.717, 1.165) is 16.8 Å². The predicted octanol–water partition coefficient (Wildman–Crippen LogP) is 4.59. The molecule has 0 bridgehead atoms. The number of oxime groups is 1. The van der Waals surface area contributed by atoms with Crippen molar-refractivity contribution in [3.05, 3.63) is 95.6 Å². The summed E-state index contributed by atoms with van der Waals surface area (Å²) in [6.07, 6.45) is 0. The van der Waals surface area contributed by atoms with Gasteiger partial charge in [-0.2, -0.15) is 5.10 Å². The molecule has 0 heterocycles. The van der Waals surface area contributed by atoms with E-state index in [1.807, 2.05) is 80.6 Å². The van der Waals surface area contributed by atoms with Crippen molar-refractivity contribution >= 4 is 28.7 Å². The minimum atomic E-state index is -0.558. The van der Waals surface area contributed by atoms with E-state index in [4.69, 9.17) is 0 Å². The maximum atomic E-state index is 12.9. The number of hydrazone groups is 1. The average molecular weight is 386 g/mol. The van der Waals surface area contributed by atoms with Gasteiger partial charge in [0.25, 0.3) is 5.91 Å². The number of hydrogen-bond donors (Lipinski definition) is 3. The second kappa shape index (κ2) is 9.32. The molecule has 0 radical (unpaired) electrons. The van der Waals surface area contributed by atoms with Crippen molar-refractivity contribution in [1.29, 1.82) is 0 Å². The quantitative estimate of drug-likeness (QED) is 0.329. The summed E-state index contributed by atoms with van der Waals surface area (Å²) < 4.78 is 0. The SMILES string of the molecule is Cc1ccc(NC(=O)C(=N\O)/C(=N\Nc2ccccc2)c2ccccc2)c(C)c1. The molecule has 0 aromatic heterocycles. The maximum Gasteiger partial charge on any atom is 0.280 e. The number of carbonyl (C=O) groups excluding carboxylic acids is 1. The Labute approximate surface area is 169 Å². The molecule has 6 heteroatoms. The van der Waals surface area contributed by atoms with Crippen molar-refractivity contribution in [3.8, 4) is 0 Å². The molecule has 0 saturated heterocycles. The summed E-state index contributed by atoms with van der Waals surface area (Å²) in [6.45, 7) is 3.89. The van der Waals surface area contributed by atoms with E-state index in [1.165, 1.54) is 0 Å². The van der Waals surface area contributed by atoms with Crippen LogP contribution in [-0.2, 0) is 4.79 Å². The van der Waals surface area contributed by atoms with Crippen molar-refractivity contribution < 1.29 is 10.0 Å². The molecule has 0 aliphatic heterocycles. The van der Waals surface area contributed by atoms with Crippen molar-refractivity contribution in [1.82, 2.24) is 0 Å². The molecule has 0 fully saturated rings. The molecule has 0 saturated carbocycles. The number of anilines is 2. The van der Waals surface area contributed by atoms with E-state index in [0.29, 0.717) is 11.3 Å². The van der Waals surface area contributed by atoms with Gasteiger partial charge in [-0.3, -0.25) is 10.2 Å². The predicted molar refractivity (Wildman–Crippen MR) is 117 cm³/mol. The number of benzene rings is 3. The second-order valence-electron chi connectivity index (χ2n) is 6.53. The number of nitrogens with one attached hydrogen (secondary N) is 2. The first-order valence-corrected chi connectivity index (χ1v) is 9.13. The molecule has 0 aliphatic rings. The molecule has 0 aliphatic carbocycles. The average Bonchev–Trinajstić information content (AvgIpc) is 2.74. The summed E-state index contributed by atoms with van der Waals surface area (Å²) in [6, 6.07) is 24.1. The summed E-state index contributed by atoms with van der Waals surface area (Å²) in [7, 11) is 0. The Kier molecular flexibility index (Phi) is 6.37.